The third-order valence-corrected chi connectivity index (χ3v) is 5.71. The highest BCUT2D eigenvalue weighted by Gasteiger charge is 2.34. The van der Waals surface area contributed by atoms with Crippen molar-refractivity contribution in [3.05, 3.63) is 30.0 Å². The summed E-state index contributed by atoms with van der Waals surface area (Å²) in [5.41, 5.74) is 5.28. The number of primary amides is 1. The van der Waals surface area contributed by atoms with Gasteiger partial charge in [0.1, 0.15) is 12.6 Å². The largest absolute Gasteiger partial charge is 0.368 e. The molecule has 1 atom stereocenters. The molecule has 4 N–H and O–H groups in total. The minimum atomic E-state index is -0.928. The van der Waals surface area contributed by atoms with E-state index in [2.05, 4.69) is 15.7 Å². The summed E-state index contributed by atoms with van der Waals surface area (Å²) >= 11 is 0. The molecular formula is C23H32N6O4. The Morgan fingerprint density at radius 1 is 1.09 bits per heavy atom. The molecule has 10 heteroatoms. The second-order valence-corrected chi connectivity index (χ2v) is 9.42. The predicted molar refractivity (Wildman–Crippen MR) is 123 cm³/mol. The fourth-order valence-corrected chi connectivity index (χ4v) is 3.94. The summed E-state index contributed by atoms with van der Waals surface area (Å²) in [5.74, 6) is -1.76. The van der Waals surface area contributed by atoms with E-state index in [-0.39, 0.29) is 24.7 Å². The maximum absolute atomic E-state index is 13.2. The molecule has 1 fully saturated rings. The van der Waals surface area contributed by atoms with Crippen LogP contribution in [0.25, 0.3) is 10.9 Å². The van der Waals surface area contributed by atoms with E-state index >= 15 is 0 Å². The summed E-state index contributed by atoms with van der Waals surface area (Å²) < 4.78 is 1.54. The smallest absolute Gasteiger partial charge is 0.273 e. The van der Waals surface area contributed by atoms with Gasteiger partial charge in [0, 0.05) is 18.5 Å². The van der Waals surface area contributed by atoms with Crippen LogP contribution in [0.3, 0.4) is 0 Å². The van der Waals surface area contributed by atoms with Crippen molar-refractivity contribution < 1.29 is 19.2 Å². The Labute approximate surface area is 192 Å². The fourth-order valence-electron chi connectivity index (χ4n) is 3.94. The highest BCUT2D eigenvalue weighted by Crippen LogP contribution is 2.23. The molecule has 33 heavy (non-hydrogen) atoms. The number of benzene rings is 1. The number of amides is 4. The molecule has 178 valence electrons. The van der Waals surface area contributed by atoms with Crippen LogP contribution in [0.2, 0.25) is 0 Å². The molecule has 4 amide bonds. The third kappa shape index (κ3) is 5.88. The first-order valence-electron chi connectivity index (χ1n) is 11.2. The fraction of sp³-hybridized carbons (Fsp3) is 0.522. The number of piperidine rings is 1. The average molecular weight is 457 g/mol. The highest BCUT2D eigenvalue weighted by molar-refractivity contribution is 6.06. The van der Waals surface area contributed by atoms with Gasteiger partial charge in [-0.3, -0.25) is 23.9 Å². The maximum atomic E-state index is 13.2. The van der Waals surface area contributed by atoms with Crippen LogP contribution in [0, 0.1) is 5.41 Å². The maximum Gasteiger partial charge on any atom is 0.273 e. The van der Waals surface area contributed by atoms with E-state index in [0.29, 0.717) is 10.9 Å². The lowest BCUT2D eigenvalue weighted by molar-refractivity contribution is -0.132. The highest BCUT2D eigenvalue weighted by atomic mass is 16.2. The van der Waals surface area contributed by atoms with Crippen molar-refractivity contribution in [2.24, 2.45) is 11.1 Å². The Bertz CT molecular complexity index is 1050. The number of nitrogens with two attached hydrogens (primary N) is 1. The second kappa shape index (κ2) is 10.0. The minimum Gasteiger partial charge on any atom is -0.368 e. The molecular weight excluding hydrogens is 424 g/mol. The molecule has 0 spiro atoms. The SMILES string of the molecule is CC(C)(C)C(NC(=O)c1nn(CC(=O)N2CCCCC2)c2ccccc12)C(=O)NCC(N)=O. The number of aromatic nitrogens is 2. The lowest BCUT2D eigenvalue weighted by atomic mass is 9.86. The number of carbonyl (C=O) groups excluding carboxylic acids is 4. The number of nitrogens with one attached hydrogen (secondary N) is 2. The number of hydrogen-bond acceptors (Lipinski definition) is 5. The molecule has 1 saturated heterocycles. The van der Waals surface area contributed by atoms with Crippen LogP contribution in [0.1, 0.15) is 50.5 Å². The standard InChI is InChI=1S/C23H32N6O4/c1-23(2,3)20(22(33)25-13-17(24)30)26-21(32)19-15-9-5-6-10-16(15)29(27-19)14-18(31)28-11-7-4-8-12-28/h5-6,9-10,20H,4,7-8,11-14H2,1-3H3,(H2,24,30)(H,25,33)(H,26,32). The van der Waals surface area contributed by atoms with Gasteiger partial charge in [-0.2, -0.15) is 5.10 Å². The van der Waals surface area contributed by atoms with Gasteiger partial charge in [-0.25, -0.2) is 0 Å². The molecule has 0 radical (unpaired) electrons. The topological polar surface area (TPSA) is 139 Å². The average Bonchev–Trinajstić information content (AvgIpc) is 3.14. The van der Waals surface area contributed by atoms with Crippen LogP contribution in [-0.2, 0) is 20.9 Å². The molecule has 1 aliphatic heterocycles. The van der Waals surface area contributed by atoms with E-state index in [9.17, 15) is 19.2 Å². The number of para-hydroxylation sites is 1. The Morgan fingerprint density at radius 3 is 2.39 bits per heavy atom. The lowest BCUT2D eigenvalue weighted by Gasteiger charge is -2.30. The predicted octanol–water partition coefficient (Wildman–Crippen LogP) is 0.795. The van der Waals surface area contributed by atoms with E-state index < -0.39 is 29.2 Å². The number of likely N-dealkylation sites (tertiary alicyclic amines) is 1. The number of hydrogen-bond donors (Lipinski definition) is 3. The molecule has 0 saturated carbocycles. The Hall–Kier alpha value is -3.43. The lowest BCUT2D eigenvalue weighted by Crippen LogP contribution is -2.54. The van der Waals surface area contributed by atoms with Crippen molar-refractivity contribution in [2.75, 3.05) is 19.6 Å². The van der Waals surface area contributed by atoms with Crippen LogP contribution in [0.4, 0.5) is 0 Å². The van der Waals surface area contributed by atoms with Gasteiger partial charge < -0.3 is 21.3 Å². The summed E-state index contributed by atoms with van der Waals surface area (Å²) in [6.45, 7) is 6.59. The molecule has 3 rings (SSSR count). The normalized spacial score (nSPS) is 15.2. The zero-order valence-electron chi connectivity index (χ0n) is 19.4. The first kappa shape index (κ1) is 24.2. The van der Waals surface area contributed by atoms with E-state index in [1.165, 1.54) is 0 Å². The van der Waals surface area contributed by atoms with Crippen LogP contribution in [-0.4, -0.2) is 64.0 Å². The van der Waals surface area contributed by atoms with Crippen molar-refractivity contribution in [1.82, 2.24) is 25.3 Å². The van der Waals surface area contributed by atoms with E-state index in [4.69, 9.17) is 5.73 Å². The van der Waals surface area contributed by atoms with E-state index in [1.807, 2.05) is 17.0 Å². The van der Waals surface area contributed by atoms with Gasteiger partial charge in [-0.15, -0.1) is 0 Å². The van der Waals surface area contributed by atoms with Crippen LogP contribution in [0.15, 0.2) is 24.3 Å². The van der Waals surface area contributed by atoms with Crippen molar-refractivity contribution in [3.63, 3.8) is 0 Å². The van der Waals surface area contributed by atoms with Gasteiger partial charge in [-0.1, -0.05) is 39.0 Å². The van der Waals surface area contributed by atoms with Crippen molar-refractivity contribution in [1.29, 1.82) is 0 Å². The first-order valence-corrected chi connectivity index (χ1v) is 11.2. The summed E-state index contributed by atoms with van der Waals surface area (Å²) in [6, 6.07) is 6.26. The number of fused-ring (bicyclic) bond motifs is 1. The van der Waals surface area contributed by atoms with Gasteiger partial charge in [0.15, 0.2) is 5.69 Å². The Morgan fingerprint density at radius 2 is 1.76 bits per heavy atom. The summed E-state index contributed by atoms with van der Waals surface area (Å²) in [6.07, 6.45) is 3.11. The van der Waals surface area contributed by atoms with Crippen molar-refractivity contribution in [3.8, 4) is 0 Å². The third-order valence-electron chi connectivity index (χ3n) is 5.71. The molecule has 10 nitrogen and oxygen atoms in total. The molecule has 0 bridgehead atoms. The first-order chi connectivity index (χ1) is 15.6. The van der Waals surface area contributed by atoms with Gasteiger partial charge in [-0.05, 0) is 30.7 Å². The van der Waals surface area contributed by atoms with Crippen LogP contribution >= 0.6 is 0 Å². The van der Waals surface area contributed by atoms with Gasteiger partial charge in [0.05, 0.1) is 12.1 Å². The van der Waals surface area contributed by atoms with Crippen LogP contribution in [0.5, 0.6) is 0 Å². The number of rotatable bonds is 7. The zero-order chi connectivity index (χ0) is 24.2. The second-order valence-electron chi connectivity index (χ2n) is 9.42. The molecule has 1 unspecified atom stereocenters. The minimum absolute atomic E-state index is 0.0340. The van der Waals surface area contributed by atoms with Crippen molar-refractivity contribution in [2.45, 2.75) is 52.6 Å². The Balaban J connectivity index is 1.84. The van der Waals surface area contributed by atoms with E-state index in [1.54, 1.807) is 37.6 Å². The molecule has 0 aliphatic carbocycles. The monoisotopic (exact) mass is 456 g/mol. The zero-order valence-corrected chi connectivity index (χ0v) is 19.4. The summed E-state index contributed by atoms with van der Waals surface area (Å²) in [5, 5.41) is 10.2. The van der Waals surface area contributed by atoms with Crippen LogP contribution < -0.4 is 16.4 Å². The summed E-state index contributed by atoms with van der Waals surface area (Å²) in [7, 11) is 0. The Kier molecular flexibility index (Phi) is 7.35. The van der Waals surface area contributed by atoms with E-state index in [0.717, 1.165) is 32.4 Å². The quantitative estimate of drug-likeness (QED) is 0.565. The molecule has 2 heterocycles. The number of carbonyl (C=O) groups is 4. The molecule has 2 aromatic rings. The molecule has 1 aliphatic rings. The van der Waals surface area contributed by atoms with Gasteiger partial charge in [0.2, 0.25) is 17.7 Å². The van der Waals surface area contributed by atoms with Gasteiger partial charge in [0.25, 0.3) is 5.91 Å². The number of nitrogens with zero attached hydrogens (tertiary/aromatic N) is 3. The molecule has 1 aromatic heterocycles. The summed E-state index contributed by atoms with van der Waals surface area (Å²) in [4.78, 5) is 51.5. The van der Waals surface area contributed by atoms with Gasteiger partial charge >= 0.3 is 0 Å². The molecule has 1 aromatic carbocycles. The van der Waals surface area contributed by atoms with Crippen molar-refractivity contribution >= 4 is 34.5 Å².